The smallest absolute Gasteiger partial charge is 0.0538 e. The van der Waals surface area contributed by atoms with Gasteiger partial charge in [0.1, 0.15) is 0 Å². The van der Waals surface area contributed by atoms with Crippen molar-refractivity contribution in [1.82, 2.24) is 0 Å². The van der Waals surface area contributed by atoms with Gasteiger partial charge in [0.15, 0.2) is 0 Å². The third-order valence-electron chi connectivity index (χ3n) is 6.56. The van der Waals surface area contributed by atoms with Gasteiger partial charge in [-0.1, -0.05) is 87.3 Å². The third kappa shape index (κ3) is 5.45. The fourth-order valence-corrected chi connectivity index (χ4v) is 8.34. The molecule has 2 aliphatic rings. The molecule has 0 heterocycles. The number of hydrogen-bond acceptors (Lipinski definition) is 0. The SMILES string of the molecule is [Cl][Zr+2][Cl].c1ccc(C[SiH](c2cc3c([cH-]2)CCCC3)c2cc3c([cH-]2)CCCC3)cc1. The number of aryl methyl sites for hydroxylation is 4. The predicted octanol–water partition coefficient (Wildman–Crippen LogP) is 5.38. The first-order chi connectivity index (χ1) is 14.3. The van der Waals surface area contributed by atoms with E-state index in [0.717, 1.165) is 0 Å². The fraction of sp³-hybridized carbons (Fsp3) is 0.360. The van der Waals surface area contributed by atoms with Crippen molar-refractivity contribution in [3.63, 3.8) is 0 Å². The second-order valence-corrected chi connectivity index (χ2v) is 15.0. The number of rotatable bonds is 4. The summed E-state index contributed by atoms with van der Waals surface area (Å²) < 4.78 is 0. The maximum absolute atomic E-state index is 4.93. The maximum Gasteiger partial charge on any atom is 0.0538 e. The van der Waals surface area contributed by atoms with E-state index in [1.807, 2.05) is 0 Å². The van der Waals surface area contributed by atoms with Crippen LogP contribution in [0.4, 0.5) is 0 Å². The Morgan fingerprint density at radius 1 is 0.759 bits per heavy atom. The molecule has 5 rings (SSSR count). The van der Waals surface area contributed by atoms with Crippen molar-refractivity contribution >= 4 is 36.2 Å². The predicted molar refractivity (Wildman–Crippen MR) is 126 cm³/mol. The summed E-state index contributed by atoms with van der Waals surface area (Å²) in [6.07, 6.45) is 10.7. The van der Waals surface area contributed by atoms with Crippen molar-refractivity contribution in [2.75, 3.05) is 0 Å². The van der Waals surface area contributed by atoms with Crippen molar-refractivity contribution in [2.45, 2.75) is 57.4 Å². The van der Waals surface area contributed by atoms with Crippen LogP contribution in [0.2, 0.25) is 0 Å². The van der Waals surface area contributed by atoms with Crippen LogP contribution in [-0.2, 0) is 52.6 Å². The molecule has 0 saturated heterocycles. The molecule has 2 aliphatic carbocycles. The Labute approximate surface area is 195 Å². The number of benzene rings is 1. The number of fused-ring (bicyclic) bond motifs is 2. The Bertz CT molecular complexity index is 811. The quantitative estimate of drug-likeness (QED) is 0.321. The minimum Gasteiger partial charge on any atom is -0.211 e. The normalized spacial score (nSPS) is 15.1. The van der Waals surface area contributed by atoms with E-state index < -0.39 is 29.6 Å². The van der Waals surface area contributed by atoms with E-state index in [1.165, 1.54) is 63.0 Å². The van der Waals surface area contributed by atoms with Crippen LogP contribution in [0.1, 0.15) is 53.5 Å². The van der Waals surface area contributed by atoms with Gasteiger partial charge < -0.3 is 0 Å². The Kier molecular flexibility index (Phi) is 8.10. The van der Waals surface area contributed by atoms with Crippen LogP contribution in [0, 0.1) is 0 Å². The molecule has 0 amide bonds. The van der Waals surface area contributed by atoms with Gasteiger partial charge in [0.2, 0.25) is 0 Å². The largest absolute Gasteiger partial charge is 0.211 e. The molecule has 0 N–H and O–H groups in total. The van der Waals surface area contributed by atoms with Gasteiger partial charge in [-0.15, -0.1) is 0 Å². The number of hydrogen-bond donors (Lipinski definition) is 0. The Balaban J connectivity index is 0.000000645. The van der Waals surface area contributed by atoms with Crippen molar-refractivity contribution in [1.29, 1.82) is 0 Å². The summed E-state index contributed by atoms with van der Waals surface area (Å²) in [6, 6.07) is 22.8. The summed E-state index contributed by atoms with van der Waals surface area (Å²) in [5, 5.41) is 3.39. The molecule has 0 bridgehead atoms. The molecule has 0 fully saturated rings. The van der Waals surface area contributed by atoms with Crippen LogP contribution in [-0.4, -0.2) is 8.80 Å². The molecule has 150 valence electrons. The zero-order valence-corrected chi connectivity index (χ0v) is 22.0. The second-order valence-electron chi connectivity index (χ2n) is 8.41. The minimum absolute atomic E-state index is 0.826. The van der Waals surface area contributed by atoms with Crippen molar-refractivity contribution < 1.29 is 20.8 Å². The van der Waals surface area contributed by atoms with Gasteiger partial charge in [0, 0.05) is 0 Å². The summed E-state index contributed by atoms with van der Waals surface area (Å²) in [6.45, 7) is 0. The average molecular weight is 519 g/mol. The van der Waals surface area contributed by atoms with Crippen molar-refractivity contribution in [3.05, 3.63) is 82.4 Å². The molecular formula is C25H28Cl2SiZr. The molecule has 0 saturated carbocycles. The molecule has 0 radical (unpaired) electrons. The topological polar surface area (TPSA) is 0 Å². The monoisotopic (exact) mass is 516 g/mol. The molecule has 4 heteroatoms. The van der Waals surface area contributed by atoms with E-state index in [2.05, 4.69) is 54.6 Å². The molecule has 29 heavy (non-hydrogen) atoms. The maximum atomic E-state index is 4.93. The molecule has 0 atom stereocenters. The molecule has 0 aromatic heterocycles. The Hall–Kier alpha value is -0.400. The molecule has 0 spiro atoms. The Morgan fingerprint density at radius 2 is 1.24 bits per heavy atom. The second kappa shape index (κ2) is 10.8. The molecule has 0 aliphatic heterocycles. The van der Waals surface area contributed by atoms with Crippen LogP contribution in [0.5, 0.6) is 0 Å². The molecule has 3 aromatic rings. The van der Waals surface area contributed by atoms with Crippen LogP contribution >= 0.6 is 17.0 Å². The van der Waals surface area contributed by atoms with Gasteiger partial charge in [0.25, 0.3) is 0 Å². The van der Waals surface area contributed by atoms with E-state index in [0.29, 0.717) is 0 Å². The summed E-state index contributed by atoms with van der Waals surface area (Å²) in [5.41, 5.74) is 8.16. The van der Waals surface area contributed by atoms with E-state index in [4.69, 9.17) is 17.0 Å². The first-order valence-electron chi connectivity index (χ1n) is 10.9. The Morgan fingerprint density at radius 3 is 1.72 bits per heavy atom. The molecule has 0 unspecified atom stereocenters. The van der Waals surface area contributed by atoms with E-state index in [9.17, 15) is 0 Å². The van der Waals surface area contributed by atoms with Crippen LogP contribution < -0.4 is 10.4 Å². The van der Waals surface area contributed by atoms with Crippen LogP contribution in [0.3, 0.4) is 0 Å². The van der Waals surface area contributed by atoms with E-state index >= 15 is 0 Å². The van der Waals surface area contributed by atoms with Gasteiger partial charge in [-0.05, 0) is 6.04 Å². The molecule has 3 aromatic carbocycles. The zero-order chi connectivity index (χ0) is 20.1. The first kappa shape index (κ1) is 21.8. The summed E-state index contributed by atoms with van der Waals surface area (Å²) in [5.74, 6) is 0. The van der Waals surface area contributed by atoms with Gasteiger partial charge in [-0.25, -0.2) is 12.1 Å². The van der Waals surface area contributed by atoms with Gasteiger partial charge >= 0.3 is 37.9 Å². The van der Waals surface area contributed by atoms with Crippen molar-refractivity contribution in [3.8, 4) is 0 Å². The first-order valence-corrected chi connectivity index (χ1v) is 19.2. The van der Waals surface area contributed by atoms with E-state index in [-0.39, 0.29) is 0 Å². The van der Waals surface area contributed by atoms with Gasteiger partial charge in [0.05, 0.1) is 8.80 Å². The number of halogens is 2. The molecular weight excluding hydrogens is 490 g/mol. The summed E-state index contributed by atoms with van der Waals surface area (Å²) in [4.78, 5) is 0. The van der Waals surface area contributed by atoms with Crippen molar-refractivity contribution in [2.24, 2.45) is 0 Å². The summed E-state index contributed by atoms with van der Waals surface area (Å²) in [7, 11) is 8.68. The standard InChI is InChI=1S/C25H28Si.2ClH.Zr/c1-2-8-19(9-3-1)18-26(24-14-20-10-4-5-11-21(20)15-24)25-16-22-12-6-7-13-23(22)17-25;;;/h1-3,8-9,14-17,26H,4-7,10-13,18H2;2*1H;/q-2;;;+4/p-2. The van der Waals surface area contributed by atoms with Crippen LogP contribution in [0.25, 0.3) is 0 Å². The fourth-order valence-electron chi connectivity index (χ4n) is 5.13. The van der Waals surface area contributed by atoms with E-state index in [1.54, 1.807) is 32.6 Å². The van der Waals surface area contributed by atoms with Gasteiger partial charge in [-0.2, -0.15) is 44.8 Å². The third-order valence-corrected chi connectivity index (χ3v) is 9.72. The minimum atomic E-state index is -1.19. The van der Waals surface area contributed by atoms with Crippen LogP contribution in [0.15, 0.2) is 54.6 Å². The summed E-state index contributed by atoms with van der Waals surface area (Å²) >= 11 is -0.826. The zero-order valence-electron chi connectivity index (χ0n) is 16.9. The van der Waals surface area contributed by atoms with Gasteiger partial charge in [-0.3, -0.25) is 0 Å². The average Bonchev–Trinajstić information content (AvgIpc) is 3.37. The molecule has 0 nitrogen and oxygen atoms in total.